The minimum Gasteiger partial charge on any atom is -0.329 e. The monoisotopic (exact) mass is 247 g/mol. The molecule has 2 aromatic rings. The molecule has 17 heavy (non-hydrogen) atoms. The van der Waals surface area contributed by atoms with Gasteiger partial charge in [0.2, 0.25) is 0 Å². The number of pyridine rings is 1. The Balaban J connectivity index is 2.10. The molecule has 1 saturated carbocycles. The second kappa shape index (κ2) is 4.26. The van der Waals surface area contributed by atoms with Crippen LogP contribution >= 0.6 is 12.2 Å². The lowest BCUT2D eigenvalue weighted by molar-refractivity contribution is 0.285. The Morgan fingerprint density at radius 1 is 1.47 bits per heavy atom. The lowest BCUT2D eigenvalue weighted by Crippen LogP contribution is -2.17. The standard InChI is InChI=1S/C13H17N3S/c1-9-3-2-4-10(7-9)16-12-5-6-14-8-11(12)15-13(16)17/h5-6,8-10H,2-4,7H2,1H3,(H,15,17). The Morgan fingerprint density at radius 3 is 3.18 bits per heavy atom. The van der Waals surface area contributed by atoms with Crippen LogP contribution in [0.1, 0.15) is 38.6 Å². The van der Waals surface area contributed by atoms with Gasteiger partial charge in [-0.05, 0) is 37.0 Å². The predicted octanol–water partition coefficient (Wildman–Crippen LogP) is 3.85. The van der Waals surface area contributed by atoms with E-state index in [4.69, 9.17) is 12.2 Å². The molecular formula is C13H17N3S. The molecule has 0 aliphatic heterocycles. The fraction of sp³-hybridized carbons (Fsp3) is 0.538. The molecule has 0 bridgehead atoms. The zero-order chi connectivity index (χ0) is 11.8. The van der Waals surface area contributed by atoms with E-state index in [9.17, 15) is 0 Å². The minimum absolute atomic E-state index is 0.558. The van der Waals surface area contributed by atoms with Crippen LogP contribution < -0.4 is 0 Å². The van der Waals surface area contributed by atoms with Crippen LogP contribution in [-0.4, -0.2) is 14.5 Å². The second-order valence-electron chi connectivity index (χ2n) is 5.12. The average Bonchev–Trinajstić information content (AvgIpc) is 2.64. The number of hydrogen-bond acceptors (Lipinski definition) is 2. The van der Waals surface area contributed by atoms with Crippen LogP contribution in [0.15, 0.2) is 18.5 Å². The summed E-state index contributed by atoms with van der Waals surface area (Å²) >= 11 is 5.45. The minimum atomic E-state index is 0.558. The topological polar surface area (TPSA) is 33.6 Å². The highest BCUT2D eigenvalue weighted by Crippen LogP contribution is 2.34. The van der Waals surface area contributed by atoms with Gasteiger partial charge in [-0.3, -0.25) is 4.98 Å². The number of rotatable bonds is 1. The van der Waals surface area contributed by atoms with Gasteiger partial charge < -0.3 is 9.55 Å². The molecule has 2 heterocycles. The van der Waals surface area contributed by atoms with E-state index in [1.165, 1.54) is 31.2 Å². The van der Waals surface area contributed by atoms with Crippen LogP contribution in [0.3, 0.4) is 0 Å². The molecule has 2 atom stereocenters. The SMILES string of the molecule is CC1CCCC(n2c(=S)[nH]c3cnccc32)C1. The molecule has 0 aromatic carbocycles. The van der Waals surface area contributed by atoms with E-state index in [-0.39, 0.29) is 0 Å². The summed E-state index contributed by atoms with van der Waals surface area (Å²) in [6.07, 6.45) is 8.85. The van der Waals surface area contributed by atoms with Crippen LogP contribution in [0.5, 0.6) is 0 Å². The summed E-state index contributed by atoms with van der Waals surface area (Å²) < 4.78 is 3.13. The third-order valence-electron chi connectivity index (χ3n) is 3.79. The van der Waals surface area contributed by atoms with Gasteiger partial charge in [0.15, 0.2) is 4.77 Å². The molecule has 1 fully saturated rings. The van der Waals surface area contributed by atoms with Gasteiger partial charge in [-0.15, -0.1) is 0 Å². The number of fused-ring (bicyclic) bond motifs is 1. The van der Waals surface area contributed by atoms with Crippen molar-refractivity contribution in [2.75, 3.05) is 0 Å². The number of nitrogens with zero attached hydrogens (tertiary/aromatic N) is 2. The van der Waals surface area contributed by atoms with Gasteiger partial charge in [0.05, 0.1) is 17.2 Å². The largest absolute Gasteiger partial charge is 0.329 e. The molecule has 3 nitrogen and oxygen atoms in total. The number of aromatic amines is 1. The van der Waals surface area contributed by atoms with Gasteiger partial charge in [-0.25, -0.2) is 0 Å². The number of hydrogen-bond donors (Lipinski definition) is 1. The Bertz CT molecular complexity index is 584. The molecule has 1 aliphatic rings. The van der Waals surface area contributed by atoms with Gasteiger partial charge in [-0.2, -0.15) is 0 Å². The van der Waals surface area contributed by atoms with E-state index >= 15 is 0 Å². The molecule has 90 valence electrons. The van der Waals surface area contributed by atoms with E-state index < -0.39 is 0 Å². The van der Waals surface area contributed by atoms with Crippen molar-refractivity contribution in [3.63, 3.8) is 0 Å². The normalized spacial score (nSPS) is 25.2. The number of aromatic nitrogens is 3. The Hall–Kier alpha value is -1.16. The van der Waals surface area contributed by atoms with Crippen molar-refractivity contribution in [2.45, 2.75) is 38.6 Å². The first-order chi connectivity index (χ1) is 8.25. The number of imidazole rings is 1. The van der Waals surface area contributed by atoms with Crippen LogP contribution in [0.2, 0.25) is 0 Å². The van der Waals surface area contributed by atoms with Gasteiger partial charge >= 0.3 is 0 Å². The highest BCUT2D eigenvalue weighted by atomic mass is 32.1. The summed E-state index contributed by atoms with van der Waals surface area (Å²) in [5, 5.41) is 0. The molecule has 1 aliphatic carbocycles. The van der Waals surface area contributed by atoms with E-state index in [2.05, 4.69) is 27.5 Å². The fourth-order valence-corrected chi connectivity index (χ4v) is 3.33. The first kappa shape index (κ1) is 11.0. The predicted molar refractivity (Wildman–Crippen MR) is 71.6 cm³/mol. The van der Waals surface area contributed by atoms with Crippen molar-refractivity contribution in [1.82, 2.24) is 14.5 Å². The van der Waals surface area contributed by atoms with Crippen molar-refractivity contribution in [3.05, 3.63) is 23.2 Å². The zero-order valence-corrected chi connectivity index (χ0v) is 10.8. The molecule has 1 N–H and O–H groups in total. The van der Waals surface area contributed by atoms with Crippen molar-refractivity contribution < 1.29 is 0 Å². The maximum absolute atomic E-state index is 5.45. The van der Waals surface area contributed by atoms with Gasteiger partial charge in [0, 0.05) is 12.2 Å². The summed E-state index contributed by atoms with van der Waals surface area (Å²) in [7, 11) is 0. The number of nitrogens with one attached hydrogen (secondary N) is 1. The Kier molecular flexibility index (Phi) is 2.74. The van der Waals surface area contributed by atoms with Crippen LogP contribution in [0.25, 0.3) is 11.0 Å². The van der Waals surface area contributed by atoms with E-state index in [0.29, 0.717) is 6.04 Å². The van der Waals surface area contributed by atoms with Gasteiger partial charge in [0.25, 0.3) is 0 Å². The molecule has 4 heteroatoms. The highest BCUT2D eigenvalue weighted by Gasteiger charge is 2.22. The number of H-pyrrole nitrogens is 1. The van der Waals surface area contributed by atoms with Crippen molar-refractivity contribution >= 4 is 23.3 Å². The summed E-state index contributed by atoms with van der Waals surface area (Å²) in [6.45, 7) is 2.34. The molecule has 3 rings (SSSR count). The van der Waals surface area contributed by atoms with E-state index in [1.54, 1.807) is 0 Å². The molecule has 0 spiro atoms. The summed E-state index contributed by atoms with van der Waals surface area (Å²) in [4.78, 5) is 7.39. The van der Waals surface area contributed by atoms with Gasteiger partial charge in [0.1, 0.15) is 0 Å². The third kappa shape index (κ3) is 1.90. The molecule has 0 amide bonds. The lowest BCUT2D eigenvalue weighted by atomic mass is 9.87. The van der Waals surface area contributed by atoms with Gasteiger partial charge in [-0.1, -0.05) is 19.8 Å². The summed E-state index contributed by atoms with van der Waals surface area (Å²) in [5.41, 5.74) is 2.25. The smallest absolute Gasteiger partial charge is 0.178 e. The Morgan fingerprint density at radius 2 is 2.35 bits per heavy atom. The summed E-state index contributed by atoms with van der Waals surface area (Å²) in [5.74, 6) is 0.808. The molecular weight excluding hydrogens is 230 g/mol. The zero-order valence-electron chi connectivity index (χ0n) is 10.0. The quantitative estimate of drug-likeness (QED) is 0.777. The molecule has 0 saturated heterocycles. The Labute approximate surface area is 106 Å². The van der Waals surface area contributed by atoms with Crippen molar-refractivity contribution in [1.29, 1.82) is 0 Å². The van der Waals surface area contributed by atoms with Crippen molar-refractivity contribution in [3.8, 4) is 0 Å². The fourth-order valence-electron chi connectivity index (χ4n) is 2.98. The maximum Gasteiger partial charge on any atom is 0.178 e. The molecule has 2 aromatic heterocycles. The van der Waals surface area contributed by atoms with Crippen LogP contribution in [0.4, 0.5) is 0 Å². The summed E-state index contributed by atoms with van der Waals surface area (Å²) in [6, 6.07) is 2.61. The average molecular weight is 247 g/mol. The second-order valence-corrected chi connectivity index (χ2v) is 5.51. The highest BCUT2D eigenvalue weighted by molar-refractivity contribution is 7.71. The lowest BCUT2D eigenvalue weighted by Gasteiger charge is -2.28. The molecule has 2 unspecified atom stereocenters. The van der Waals surface area contributed by atoms with E-state index in [0.717, 1.165) is 16.2 Å². The third-order valence-corrected chi connectivity index (χ3v) is 4.09. The van der Waals surface area contributed by atoms with Crippen LogP contribution in [0, 0.1) is 10.7 Å². The first-order valence-electron chi connectivity index (χ1n) is 6.30. The van der Waals surface area contributed by atoms with E-state index in [1.807, 2.05) is 12.4 Å². The first-order valence-corrected chi connectivity index (χ1v) is 6.71. The van der Waals surface area contributed by atoms with Crippen molar-refractivity contribution in [2.24, 2.45) is 5.92 Å². The maximum atomic E-state index is 5.45. The molecule has 0 radical (unpaired) electrons. The van der Waals surface area contributed by atoms with Crippen LogP contribution in [-0.2, 0) is 0 Å².